The number of anilines is 1. The van der Waals surface area contributed by atoms with E-state index in [2.05, 4.69) is 15.7 Å². The van der Waals surface area contributed by atoms with Gasteiger partial charge in [0.1, 0.15) is 12.6 Å². The zero-order chi connectivity index (χ0) is 24.9. The van der Waals surface area contributed by atoms with Gasteiger partial charge >= 0.3 is 12.1 Å². The first-order chi connectivity index (χ1) is 16.9. The van der Waals surface area contributed by atoms with E-state index < -0.39 is 24.0 Å². The number of carboxylic acids is 1. The Morgan fingerprint density at radius 1 is 1.09 bits per heavy atom. The minimum absolute atomic E-state index is 0.0829. The van der Waals surface area contributed by atoms with Crippen molar-refractivity contribution in [2.45, 2.75) is 18.4 Å². The van der Waals surface area contributed by atoms with Crippen LogP contribution in [0.3, 0.4) is 0 Å². The highest BCUT2D eigenvalue weighted by Gasteiger charge is 2.29. The molecule has 0 spiro atoms. The van der Waals surface area contributed by atoms with Crippen molar-refractivity contribution >= 4 is 23.7 Å². The van der Waals surface area contributed by atoms with Gasteiger partial charge in [-0.2, -0.15) is 5.10 Å². The molecule has 0 saturated heterocycles. The lowest BCUT2D eigenvalue weighted by atomic mass is 9.98. The van der Waals surface area contributed by atoms with Crippen LogP contribution in [0.25, 0.3) is 11.1 Å². The first kappa shape index (κ1) is 24.0. The zero-order valence-corrected chi connectivity index (χ0v) is 19.4. The van der Waals surface area contributed by atoms with Crippen LogP contribution < -0.4 is 10.6 Å². The second-order valence-electron chi connectivity index (χ2n) is 8.16. The van der Waals surface area contributed by atoms with E-state index in [0.29, 0.717) is 0 Å². The molecule has 0 saturated carbocycles. The van der Waals surface area contributed by atoms with E-state index in [-0.39, 0.29) is 36.9 Å². The average molecular weight is 479 g/mol. The zero-order valence-electron chi connectivity index (χ0n) is 19.4. The maximum atomic E-state index is 12.7. The number of rotatable bonds is 9. The fourth-order valence-electron chi connectivity index (χ4n) is 4.21. The molecule has 0 radical (unpaired) electrons. The Balaban J connectivity index is 1.43. The molecular weight excluding hydrogens is 452 g/mol. The van der Waals surface area contributed by atoms with Gasteiger partial charge in [0.25, 0.3) is 5.91 Å². The van der Waals surface area contributed by atoms with E-state index >= 15 is 0 Å². The van der Waals surface area contributed by atoms with Crippen molar-refractivity contribution in [3.05, 3.63) is 71.5 Å². The number of amides is 2. The van der Waals surface area contributed by atoms with Crippen LogP contribution in [0, 0.1) is 0 Å². The maximum absolute atomic E-state index is 12.7. The van der Waals surface area contributed by atoms with Gasteiger partial charge in [-0.25, -0.2) is 9.59 Å². The molecule has 3 aromatic rings. The van der Waals surface area contributed by atoms with Gasteiger partial charge < -0.3 is 19.9 Å². The minimum Gasteiger partial charge on any atom is -0.480 e. The number of benzene rings is 2. The highest BCUT2D eigenvalue weighted by molar-refractivity contribution is 6.02. The molecule has 35 heavy (non-hydrogen) atoms. The predicted molar refractivity (Wildman–Crippen MR) is 127 cm³/mol. The van der Waals surface area contributed by atoms with Crippen molar-refractivity contribution in [1.29, 1.82) is 0 Å². The number of ether oxygens (including phenoxy) is 2. The van der Waals surface area contributed by atoms with Crippen LogP contribution in [-0.4, -0.2) is 59.2 Å². The summed E-state index contributed by atoms with van der Waals surface area (Å²) < 4.78 is 11.8. The third-order valence-corrected chi connectivity index (χ3v) is 5.84. The van der Waals surface area contributed by atoms with Crippen molar-refractivity contribution in [2.24, 2.45) is 7.05 Å². The maximum Gasteiger partial charge on any atom is 0.411 e. The van der Waals surface area contributed by atoms with Gasteiger partial charge in [-0.05, 0) is 22.3 Å². The summed E-state index contributed by atoms with van der Waals surface area (Å²) in [4.78, 5) is 36.8. The number of fused-ring (bicyclic) bond motifs is 3. The molecule has 1 heterocycles. The molecule has 1 aliphatic rings. The Hall–Kier alpha value is -4.18. The summed E-state index contributed by atoms with van der Waals surface area (Å²) in [6.07, 6.45) is 0.781. The van der Waals surface area contributed by atoms with Gasteiger partial charge in [-0.15, -0.1) is 0 Å². The Labute approximate surface area is 201 Å². The number of carbonyl (C=O) groups excluding carboxylic acids is 2. The number of methoxy groups -OCH3 is 1. The molecule has 1 atom stereocenters. The number of aryl methyl sites for hydroxylation is 1. The molecule has 1 unspecified atom stereocenters. The molecule has 2 aromatic carbocycles. The topological polar surface area (TPSA) is 132 Å². The van der Waals surface area contributed by atoms with Crippen LogP contribution in [0.2, 0.25) is 0 Å². The fourth-order valence-corrected chi connectivity index (χ4v) is 4.21. The first-order valence-corrected chi connectivity index (χ1v) is 11.1. The van der Waals surface area contributed by atoms with E-state index in [1.165, 1.54) is 18.0 Å². The summed E-state index contributed by atoms with van der Waals surface area (Å²) in [6, 6.07) is 14.8. The highest BCUT2D eigenvalue weighted by atomic mass is 16.5. The largest absolute Gasteiger partial charge is 0.480 e. The average Bonchev–Trinajstić information content (AvgIpc) is 3.37. The van der Waals surface area contributed by atoms with Crippen LogP contribution in [-0.2, 0) is 21.3 Å². The van der Waals surface area contributed by atoms with Crippen molar-refractivity contribution in [1.82, 2.24) is 15.1 Å². The second kappa shape index (κ2) is 10.4. The molecule has 1 aromatic heterocycles. The summed E-state index contributed by atoms with van der Waals surface area (Å²) >= 11 is 0. The van der Waals surface area contributed by atoms with Crippen LogP contribution in [0.1, 0.15) is 34.0 Å². The number of aliphatic carboxylic acids is 1. The van der Waals surface area contributed by atoms with Crippen LogP contribution in [0.4, 0.5) is 10.5 Å². The number of carbonyl (C=O) groups is 3. The van der Waals surface area contributed by atoms with Gasteiger partial charge in [-0.3, -0.25) is 14.8 Å². The minimum atomic E-state index is -1.20. The van der Waals surface area contributed by atoms with Crippen molar-refractivity contribution in [3.63, 3.8) is 0 Å². The van der Waals surface area contributed by atoms with Crippen molar-refractivity contribution in [3.8, 4) is 11.1 Å². The Morgan fingerprint density at radius 2 is 1.71 bits per heavy atom. The number of hydrogen-bond donors (Lipinski definition) is 3. The predicted octanol–water partition coefficient (Wildman–Crippen LogP) is 3.00. The summed E-state index contributed by atoms with van der Waals surface area (Å²) in [5.74, 6) is -2.04. The normalized spacial score (nSPS) is 13.0. The van der Waals surface area contributed by atoms with Gasteiger partial charge in [0.05, 0.1) is 5.69 Å². The number of hydrogen-bond acceptors (Lipinski definition) is 6. The first-order valence-electron chi connectivity index (χ1n) is 11.1. The molecule has 0 aliphatic heterocycles. The van der Waals surface area contributed by atoms with Crippen LogP contribution in [0.5, 0.6) is 0 Å². The van der Waals surface area contributed by atoms with Crippen molar-refractivity contribution < 1.29 is 29.0 Å². The molecule has 2 amide bonds. The monoisotopic (exact) mass is 478 g/mol. The number of carboxylic acid groups (broad SMARTS) is 1. The number of aromatic nitrogens is 2. The van der Waals surface area contributed by atoms with E-state index in [9.17, 15) is 19.5 Å². The van der Waals surface area contributed by atoms with Gasteiger partial charge in [0.2, 0.25) is 0 Å². The molecule has 0 fully saturated rings. The van der Waals surface area contributed by atoms with Gasteiger partial charge in [0, 0.05) is 39.3 Å². The molecule has 10 heteroatoms. The molecule has 3 N–H and O–H groups in total. The SMILES string of the molecule is COCCC(NC(=O)c1nn(C)cc1NC(=O)OCC1c2ccccc2-c2ccccc21)C(=O)O. The van der Waals surface area contributed by atoms with Crippen molar-refractivity contribution in [2.75, 3.05) is 25.6 Å². The van der Waals surface area contributed by atoms with Crippen LogP contribution in [0.15, 0.2) is 54.7 Å². The Morgan fingerprint density at radius 3 is 2.31 bits per heavy atom. The molecule has 1 aliphatic carbocycles. The standard InChI is InChI=1S/C25H26N4O6/c1-29-13-21(22(28-29)23(30)26-20(24(31)32)11-12-34-2)27-25(33)35-14-19-17-9-5-3-7-15(17)16-8-4-6-10-18(16)19/h3-10,13,19-20H,11-12,14H2,1-2H3,(H,26,30)(H,27,33)(H,31,32). The molecule has 10 nitrogen and oxygen atoms in total. The lowest BCUT2D eigenvalue weighted by Gasteiger charge is -2.15. The second-order valence-corrected chi connectivity index (χ2v) is 8.16. The number of nitrogens with one attached hydrogen (secondary N) is 2. The summed E-state index contributed by atoms with van der Waals surface area (Å²) in [5.41, 5.74) is 4.38. The van der Waals surface area contributed by atoms with Gasteiger partial charge in [-0.1, -0.05) is 48.5 Å². The smallest absolute Gasteiger partial charge is 0.411 e. The molecule has 0 bridgehead atoms. The highest BCUT2D eigenvalue weighted by Crippen LogP contribution is 2.44. The summed E-state index contributed by atoms with van der Waals surface area (Å²) in [6.45, 7) is 0.268. The third kappa shape index (κ3) is 5.17. The van der Waals surface area contributed by atoms with E-state index in [1.54, 1.807) is 7.05 Å². The summed E-state index contributed by atoms with van der Waals surface area (Å²) in [7, 11) is 3.02. The Kier molecular flexibility index (Phi) is 7.11. The Bertz CT molecular complexity index is 1210. The summed E-state index contributed by atoms with van der Waals surface area (Å²) in [5, 5.41) is 18.4. The molecule has 182 valence electrons. The van der Waals surface area contributed by atoms with Gasteiger partial charge in [0.15, 0.2) is 5.69 Å². The lowest BCUT2D eigenvalue weighted by molar-refractivity contribution is -0.139. The van der Waals surface area contributed by atoms with E-state index in [0.717, 1.165) is 22.3 Å². The number of nitrogens with zero attached hydrogens (tertiary/aromatic N) is 2. The van der Waals surface area contributed by atoms with E-state index in [1.807, 2.05) is 48.5 Å². The lowest BCUT2D eigenvalue weighted by Crippen LogP contribution is -2.42. The van der Waals surface area contributed by atoms with E-state index in [4.69, 9.17) is 9.47 Å². The fraction of sp³-hybridized carbons (Fsp3) is 0.280. The van der Waals surface area contributed by atoms with Crippen LogP contribution >= 0.6 is 0 Å². The quantitative estimate of drug-likeness (QED) is 0.431. The molecule has 4 rings (SSSR count). The third-order valence-electron chi connectivity index (χ3n) is 5.84. The molecular formula is C25H26N4O6.